The fraction of sp³-hybridized carbons (Fsp3) is 0.800. The average molecular weight is 246 g/mol. The van der Waals surface area contributed by atoms with E-state index in [1.165, 1.54) is 0 Å². The average Bonchev–Trinajstić information content (AvgIpc) is 2.61. The Bertz CT molecular complexity index is 281. The lowest BCUT2D eigenvalue weighted by Gasteiger charge is -2.24. The molecule has 1 heterocycles. The van der Waals surface area contributed by atoms with Gasteiger partial charge in [-0.25, -0.2) is 0 Å². The largest absolute Gasteiger partial charge is 0.396 e. The molecule has 2 amide bonds. The molecule has 92 valence electrons. The predicted molar refractivity (Wildman–Crippen MR) is 63.3 cm³/mol. The Balaban J connectivity index is 2.32. The van der Waals surface area contributed by atoms with Crippen molar-refractivity contribution in [3.8, 4) is 0 Å². The molecule has 0 spiro atoms. The third kappa shape index (κ3) is 4.02. The first-order valence-corrected chi connectivity index (χ1v) is 6.25. The van der Waals surface area contributed by atoms with E-state index < -0.39 is 6.04 Å². The molecule has 1 unspecified atom stereocenters. The summed E-state index contributed by atoms with van der Waals surface area (Å²) in [6, 6.07) is -0.414. The van der Waals surface area contributed by atoms with Gasteiger partial charge in [0.05, 0.1) is 0 Å². The number of thioether (sulfide) groups is 1. The predicted octanol–water partition coefficient (Wildman–Crippen LogP) is 0.336. The van der Waals surface area contributed by atoms with Gasteiger partial charge < -0.3 is 15.7 Å². The highest BCUT2D eigenvalue weighted by Crippen LogP contribution is 2.18. The number of nitrogens with one attached hydrogen (secondary N) is 2. The molecule has 0 saturated carbocycles. The topological polar surface area (TPSA) is 78.4 Å². The van der Waals surface area contributed by atoms with Gasteiger partial charge in [-0.3, -0.25) is 9.59 Å². The van der Waals surface area contributed by atoms with Crippen molar-refractivity contribution >= 4 is 22.9 Å². The van der Waals surface area contributed by atoms with E-state index in [9.17, 15) is 9.59 Å². The minimum absolute atomic E-state index is 0.110. The van der Waals surface area contributed by atoms with Gasteiger partial charge in [-0.2, -0.15) is 0 Å². The quantitative estimate of drug-likeness (QED) is 0.653. The Morgan fingerprint density at radius 3 is 2.88 bits per heavy atom. The summed E-state index contributed by atoms with van der Waals surface area (Å²) in [7, 11) is 0. The lowest BCUT2D eigenvalue weighted by atomic mass is 9.90. The van der Waals surface area contributed by atoms with Gasteiger partial charge in [0.15, 0.2) is 0 Å². The van der Waals surface area contributed by atoms with E-state index in [0.29, 0.717) is 18.7 Å². The highest BCUT2D eigenvalue weighted by atomic mass is 32.2. The van der Waals surface area contributed by atoms with Gasteiger partial charge in [-0.15, -0.1) is 0 Å². The van der Waals surface area contributed by atoms with Gasteiger partial charge >= 0.3 is 0 Å². The van der Waals surface area contributed by atoms with E-state index in [1.807, 2.05) is 13.8 Å². The molecule has 1 aliphatic heterocycles. The van der Waals surface area contributed by atoms with Crippen molar-refractivity contribution in [2.45, 2.75) is 26.3 Å². The molecule has 1 saturated heterocycles. The molecule has 0 aromatic carbocycles. The molecule has 16 heavy (non-hydrogen) atoms. The Kier molecular flexibility index (Phi) is 4.61. The maximum Gasteiger partial charge on any atom is 0.279 e. The second kappa shape index (κ2) is 5.54. The summed E-state index contributed by atoms with van der Waals surface area (Å²) < 4.78 is 0. The molecule has 0 bridgehead atoms. The number of aliphatic hydroxyl groups is 1. The van der Waals surface area contributed by atoms with Crippen LogP contribution in [0.5, 0.6) is 0 Å². The van der Waals surface area contributed by atoms with Crippen molar-refractivity contribution in [2.75, 3.05) is 18.9 Å². The van der Waals surface area contributed by atoms with Crippen LogP contribution in [0.3, 0.4) is 0 Å². The fourth-order valence-corrected chi connectivity index (χ4v) is 2.14. The van der Waals surface area contributed by atoms with Crippen molar-refractivity contribution in [2.24, 2.45) is 5.41 Å². The number of amides is 2. The van der Waals surface area contributed by atoms with Crippen LogP contribution in [-0.2, 0) is 4.79 Å². The minimum Gasteiger partial charge on any atom is -0.396 e. The van der Waals surface area contributed by atoms with Gasteiger partial charge in [0.25, 0.3) is 5.24 Å². The first-order chi connectivity index (χ1) is 7.44. The molecule has 1 aliphatic rings. The second-order valence-corrected chi connectivity index (χ2v) is 5.64. The molecule has 1 atom stereocenters. The molecule has 0 aromatic heterocycles. The Hall–Kier alpha value is -0.750. The van der Waals surface area contributed by atoms with E-state index in [1.54, 1.807) is 0 Å². The molecule has 6 heteroatoms. The zero-order valence-electron chi connectivity index (χ0n) is 9.58. The fourth-order valence-electron chi connectivity index (χ4n) is 1.37. The van der Waals surface area contributed by atoms with Gasteiger partial charge in [0.2, 0.25) is 5.91 Å². The minimum atomic E-state index is -0.414. The zero-order chi connectivity index (χ0) is 12.2. The van der Waals surface area contributed by atoms with E-state index in [2.05, 4.69) is 10.6 Å². The first-order valence-electron chi connectivity index (χ1n) is 5.26. The highest BCUT2D eigenvalue weighted by molar-refractivity contribution is 8.14. The number of carbonyl (C=O) groups excluding carboxylic acids is 2. The molecule has 3 N–H and O–H groups in total. The number of rotatable bonds is 5. The highest BCUT2D eigenvalue weighted by Gasteiger charge is 2.29. The van der Waals surface area contributed by atoms with Crippen LogP contribution in [-0.4, -0.2) is 41.2 Å². The monoisotopic (exact) mass is 246 g/mol. The smallest absolute Gasteiger partial charge is 0.279 e. The number of hydrogen-bond donors (Lipinski definition) is 3. The second-order valence-electron chi connectivity index (χ2n) is 4.65. The summed E-state index contributed by atoms with van der Waals surface area (Å²) in [4.78, 5) is 22.5. The lowest BCUT2D eigenvalue weighted by molar-refractivity contribution is -0.122. The van der Waals surface area contributed by atoms with Gasteiger partial charge in [-0.1, -0.05) is 25.6 Å². The van der Waals surface area contributed by atoms with Gasteiger partial charge in [0.1, 0.15) is 6.04 Å². The normalized spacial score (nSPS) is 20.7. The maximum absolute atomic E-state index is 11.6. The summed E-state index contributed by atoms with van der Waals surface area (Å²) in [6.07, 6.45) is 0.638. The van der Waals surface area contributed by atoms with Crippen LogP contribution in [0.2, 0.25) is 0 Å². The van der Waals surface area contributed by atoms with Crippen LogP contribution in [0.15, 0.2) is 0 Å². The van der Waals surface area contributed by atoms with E-state index in [0.717, 1.165) is 11.8 Å². The van der Waals surface area contributed by atoms with Crippen LogP contribution >= 0.6 is 11.8 Å². The van der Waals surface area contributed by atoms with E-state index >= 15 is 0 Å². The summed E-state index contributed by atoms with van der Waals surface area (Å²) in [5.74, 6) is 0.342. The summed E-state index contributed by atoms with van der Waals surface area (Å²) >= 11 is 1.13. The molecule has 1 fully saturated rings. The molecule has 5 nitrogen and oxygen atoms in total. The third-order valence-corrected chi connectivity index (χ3v) is 3.40. The maximum atomic E-state index is 11.6. The van der Waals surface area contributed by atoms with E-state index in [-0.39, 0.29) is 23.2 Å². The van der Waals surface area contributed by atoms with Crippen molar-refractivity contribution in [3.63, 3.8) is 0 Å². The number of hydrogen-bond acceptors (Lipinski definition) is 4. The standard InChI is InChI=1S/C10H18N2O3S/c1-10(2,3-4-13)6-11-8(14)7-5-16-9(15)12-7/h7,13H,3-6H2,1-2H3,(H,11,14)(H,12,15). The van der Waals surface area contributed by atoms with E-state index in [4.69, 9.17) is 5.11 Å². The molecule has 1 rings (SSSR count). The number of aliphatic hydroxyl groups excluding tert-OH is 1. The zero-order valence-corrected chi connectivity index (χ0v) is 10.4. The molecular formula is C10H18N2O3S. The SMILES string of the molecule is CC(C)(CCO)CNC(=O)C1CSC(=O)N1. The molecule has 0 radical (unpaired) electrons. The molecular weight excluding hydrogens is 228 g/mol. The van der Waals surface area contributed by atoms with Crippen molar-refractivity contribution in [1.29, 1.82) is 0 Å². The van der Waals surface area contributed by atoms with Gasteiger partial charge in [-0.05, 0) is 11.8 Å². The number of carbonyl (C=O) groups is 2. The Morgan fingerprint density at radius 1 is 1.69 bits per heavy atom. The van der Waals surface area contributed by atoms with Crippen LogP contribution in [0, 0.1) is 5.41 Å². The van der Waals surface area contributed by atoms with Crippen molar-refractivity contribution in [3.05, 3.63) is 0 Å². The molecule has 0 aromatic rings. The summed E-state index contributed by atoms with van der Waals surface area (Å²) in [5, 5.41) is 14.1. The first kappa shape index (κ1) is 13.3. The Labute approximate surface area is 99.4 Å². The van der Waals surface area contributed by atoms with Crippen LogP contribution in [0.25, 0.3) is 0 Å². The van der Waals surface area contributed by atoms with Crippen molar-refractivity contribution in [1.82, 2.24) is 10.6 Å². The third-order valence-electron chi connectivity index (χ3n) is 2.52. The lowest BCUT2D eigenvalue weighted by Crippen LogP contribution is -2.45. The molecule has 0 aliphatic carbocycles. The summed E-state index contributed by atoms with van der Waals surface area (Å²) in [6.45, 7) is 4.57. The van der Waals surface area contributed by atoms with Gasteiger partial charge in [0, 0.05) is 18.9 Å². The van der Waals surface area contributed by atoms with Crippen molar-refractivity contribution < 1.29 is 14.7 Å². The van der Waals surface area contributed by atoms with Crippen LogP contribution in [0.4, 0.5) is 4.79 Å². The summed E-state index contributed by atoms with van der Waals surface area (Å²) in [5.41, 5.74) is -0.125. The Morgan fingerprint density at radius 2 is 2.38 bits per heavy atom. The van der Waals surface area contributed by atoms with Crippen LogP contribution in [0.1, 0.15) is 20.3 Å². The van der Waals surface area contributed by atoms with Crippen LogP contribution < -0.4 is 10.6 Å².